The second kappa shape index (κ2) is 11.6. The van der Waals surface area contributed by atoms with Crippen LogP contribution in [-0.4, -0.2) is 51.4 Å². The molecule has 1 aromatic carbocycles. The maximum atomic E-state index is 6.16. The topological polar surface area (TPSA) is 71.0 Å². The van der Waals surface area contributed by atoms with Crippen molar-refractivity contribution < 1.29 is 9.47 Å². The fourth-order valence-electron chi connectivity index (χ4n) is 3.51. The first-order valence-corrected chi connectivity index (χ1v) is 11.0. The normalized spacial score (nSPS) is 16.3. The van der Waals surface area contributed by atoms with E-state index < -0.39 is 0 Å². The Labute approximate surface area is 185 Å². The molecule has 1 aliphatic rings. The predicted octanol–water partition coefficient (Wildman–Crippen LogP) is 3.13. The van der Waals surface area contributed by atoms with Crippen LogP contribution in [0.1, 0.15) is 30.0 Å². The number of ether oxygens (including phenoxy) is 2. The molecule has 2 N–H and O–H groups in total. The summed E-state index contributed by atoms with van der Waals surface area (Å²) in [5, 5.41) is 6.75. The molecule has 3 rings (SSSR count). The van der Waals surface area contributed by atoms with Crippen LogP contribution in [0, 0.1) is 12.8 Å². The van der Waals surface area contributed by atoms with Crippen molar-refractivity contribution in [1.82, 2.24) is 15.6 Å². The molecule has 1 saturated heterocycles. The smallest absolute Gasteiger partial charge is 0.191 e. The molecule has 31 heavy (non-hydrogen) atoms. The molecule has 1 atom stereocenters. The summed E-state index contributed by atoms with van der Waals surface area (Å²) in [4.78, 5) is 11.3. The van der Waals surface area contributed by atoms with Crippen LogP contribution in [0.3, 0.4) is 0 Å². The van der Waals surface area contributed by atoms with Gasteiger partial charge in [-0.2, -0.15) is 0 Å². The van der Waals surface area contributed by atoms with Crippen molar-refractivity contribution in [2.24, 2.45) is 10.9 Å². The van der Waals surface area contributed by atoms with Gasteiger partial charge in [0.25, 0.3) is 0 Å². The summed E-state index contributed by atoms with van der Waals surface area (Å²) in [6.45, 7) is 8.44. The Morgan fingerprint density at radius 1 is 1.26 bits per heavy atom. The Balaban J connectivity index is 1.67. The predicted molar refractivity (Wildman–Crippen MR) is 126 cm³/mol. The Morgan fingerprint density at radius 3 is 2.87 bits per heavy atom. The summed E-state index contributed by atoms with van der Waals surface area (Å²) in [6.07, 6.45) is 2.88. The van der Waals surface area contributed by atoms with Gasteiger partial charge < -0.3 is 25.0 Å². The molecule has 1 unspecified atom stereocenters. The summed E-state index contributed by atoms with van der Waals surface area (Å²) in [6, 6.07) is 10.3. The Kier molecular flexibility index (Phi) is 8.53. The fourth-order valence-corrected chi connectivity index (χ4v) is 3.51. The molecule has 2 aromatic rings. The van der Waals surface area contributed by atoms with Gasteiger partial charge in [0, 0.05) is 57.0 Å². The highest BCUT2D eigenvalue weighted by atomic mass is 16.5. The van der Waals surface area contributed by atoms with Crippen LogP contribution in [0.25, 0.3) is 0 Å². The second-order valence-corrected chi connectivity index (χ2v) is 8.08. The molecule has 7 heteroatoms. The van der Waals surface area contributed by atoms with Gasteiger partial charge in [-0.05, 0) is 38.0 Å². The van der Waals surface area contributed by atoms with E-state index in [0.717, 1.165) is 54.8 Å². The van der Waals surface area contributed by atoms with Gasteiger partial charge in [-0.1, -0.05) is 18.2 Å². The van der Waals surface area contributed by atoms with Gasteiger partial charge in [0.2, 0.25) is 0 Å². The Hall–Kier alpha value is -2.80. The van der Waals surface area contributed by atoms with Crippen molar-refractivity contribution in [3.8, 4) is 5.75 Å². The number of aromatic nitrogens is 1. The molecule has 0 bridgehead atoms. The molecule has 0 aliphatic carbocycles. The zero-order valence-corrected chi connectivity index (χ0v) is 19.1. The van der Waals surface area contributed by atoms with E-state index in [9.17, 15) is 0 Å². The Bertz CT molecular complexity index is 863. The van der Waals surface area contributed by atoms with Gasteiger partial charge >= 0.3 is 0 Å². The number of aliphatic imine (C=N–C) groups is 1. The van der Waals surface area contributed by atoms with Crippen molar-refractivity contribution >= 4 is 11.8 Å². The van der Waals surface area contributed by atoms with Crippen LogP contribution < -0.4 is 20.3 Å². The highest BCUT2D eigenvalue weighted by molar-refractivity contribution is 5.80. The third kappa shape index (κ3) is 6.85. The quantitative estimate of drug-likeness (QED) is 0.475. The standard InChI is InChI=1S/C24H35N5O2/c1-5-25-24(28-15-21-7-6-11-26-23(21)29(3)4)27-14-20-9-8-18(2)13-22(20)31-17-19-10-12-30-16-19/h6-9,11,13,19H,5,10,12,14-17H2,1-4H3,(H2,25,27,28). The fraction of sp³-hybridized carbons (Fsp3) is 0.500. The minimum absolute atomic E-state index is 0.473. The van der Waals surface area contributed by atoms with E-state index in [1.54, 1.807) is 0 Å². The van der Waals surface area contributed by atoms with Gasteiger partial charge in [-0.25, -0.2) is 9.98 Å². The summed E-state index contributed by atoms with van der Waals surface area (Å²) >= 11 is 0. The van der Waals surface area contributed by atoms with Crippen LogP contribution in [0.15, 0.2) is 41.5 Å². The van der Waals surface area contributed by atoms with E-state index in [0.29, 0.717) is 25.6 Å². The van der Waals surface area contributed by atoms with Crippen LogP contribution in [-0.2, 0) is 17.8 Å². The number of guanidine groups is 1. The lowest BCUT2D eigenvalue weighted by Crippen LogP contribution is -2.37. The van der Waals surface area contributed by atoms with Gasteiger partial charge in [-0.3, -0.25) is 0 Å². The number of nitrogens with one attached hydrogen (secondary N) is 2. The van der Waals surface area contributed by atoms with E-state index in [1.165, 1.54) is 5.56 Å². The third-order valence-electron chi connectivity index (χ3n) is 5.21. The number of hydrogen-bond donors (Lipinski definition) is 2. The van der Waals surface area contributed by atoms with E-state index in [4.69, 9.17) is 14.5 Å². The maximum Gasteiger partial charge on any atom is 0.191 e. The zero-order valence-electron chi connectivity index (χ0n) is 19.1. The SMILES string of the molecule is CCNC(=NCc1ccc(C)cc1OCC1CCOC1)NCc1cccnc1N(C)C. The first-order chi connectivity index (χ1) is 15.1. The van der Waals surface area contributed by atoms with Crippen molar-refractivity contribution in [2.75, 3.05) is 45.4 Å². The molecular formula is C24H35N5O2. The van der Waals surface area contributed by atoms with Crippen molar-refractivity contribution in [2.45, 2.75) is 33.4 Å². The summed E-state index contributed by atoms with van der Waals surface area (Å²) in [5.74, 6) is 3.11. The molecule has 0 spiro atoms. The Morgan fingerprint density at radius 2 is 2.13 bits per heavy atom. The van der Waals surface area contributed by atoms with Crippen molar-refractivity contribution in [3.63, 3.8) is 0 Å². The number of rotatable bonds is 9. The van der Waals surface area contributed by atoms with Gasteiger partial charge in [-0.15, -0.1) is 0 Å². The van der Waals surface area contributed by atoms with Gasteiger partial charge in [0.1, 0.15) is 11.6 Å². The lowest BCUT2D eigenvalue weighted by molar-refractivity contribution is 0.166. The maximum absolute atomic E-state index is 6.16. The molecule has 2 heterocycles. The highest BCUT2D eigenvalue weighted by Crippen LogP contribution is 2.23. The van der Waals surface area contributed by atoms with Gasteiger partial charge in [0.15, 0.2) is 5.96 Å². The number of pyridine rings is 1. The summed E-state index contributed by atoms with van der Waals surface area (Å²) in [7, 11) is 4.00. The van der Waals surface area contributed by atoms with E-state index in [2.05, 4.69) is 53.7 Å². The molecule has 0 radical (unpaired) electrons. The van der Waals surface area contributed by atoms with Crippen LogP contribution in [0.4, 0.5) is 5.82 Å². The molecule has 0 saturated carbocycles. The van der Waals surface area contributed by atoms with E-state index >= 15 is 0 Å². The molecular weight excluding hydrogens is 390 g/mol. The first kappa shape index (κ1) is 22.9. The lowest BCUT2D eigenvalue weighted by Gasteiger charge is -2.18. The minimum atomic E-state index is 0.473. The van der Waals surface area contributed by atoms with Crippen molar-refractivity contribution in [1.29, 1.82) is 0 Å². The average molecular weight is 426 g/mol. The van der Waals surface area contributed by atoms with Crippen LogP contribution in [0.2, 0.25) is 0 Å². The zero-order chi connectivity index (χ0) is 22.1. The largest absolute Gasteiger partial charge is 0.493 e. The van der Waals surface area contributed by atoms with Gasteiger partial charge in [0.05, 0.1) is 19.8 Å². The first-order valence-electron chi connectivity index (χ1n) is 11.0. The summed E-state index contributed by atoms with van der Waals surface area (Å²) in [5.41, 5.74) is 3.39. The highest BCUT2D eigenvalue weighted by Gasteiger charge is 2.17. The van der Waals surface area contributed by atoms with Crippen LogP contribution in [0.5, 0.6) is 5.75 Å². The lowest BCUT2D eigenvalue weighted by atomic mass is 10.1. The molecule has 1 fully saturated rings. The van der Waals surface area contributed by atoms with Crippen molar-refractivity contribution in [3.05, 3.63) is 53.2 Å². The molecule has 1 aliphatic heterocycles. The molecule has 7 nitrogen and oxygen atoms in total. The van der Waals surface area contributed by atoms with E-state index in [-0.39, 0.29) is 0 Å². The monoisotopic (exact) mass is 425 g/mol. The minimum Gasteiger partial charge on any atom is -0.493 e. The number of aryl methyl sites for hydroxylation is 1. The number of nitrogens with zero attached hydrogens (tertiary/aromatic N) is 3. The molecule has 0 amide bonds. The van der Waals surface area contributed by atoms with Crippen LogP contribution >= 0.6 is 0 Å². The van der Waals surface area contributed by atoms with E-state index in [1.807, 2.05) is 31.3 Å². The number of benzene rings is 1. The average Bonchev–Trinajstić information content (AvgIpc) is 3.29. The number of hydrogen-bond acceptors (Lipinski definition) is 5. The second-order valence-electron chi connectivity index (χ2n) is 8.08. The number of anilines is 1. The third-order valence-corrected chi connectivity index (χ3v) is 5.21. The molecule has 1 aromatic heterocycles. The molecule has 168 valence electrons. The summed E-state index contributed by atoms with van der Waals surface area (Å²) < 4.78 is 11.6.